The molecule has 0 saturated heterocycles. The maximum Gasteiger partial charge on any atom is 0.326 e. The number of amides is 1. The minimum absolute atomic E-state index is 0.0242. The standard InChI is InChI=1S/C18H20FN3O3S/c1-13(14-6-4-3-5-7-14)18(23)20-10-11-22-17-12-15(19)8-9-16(17)21(2)26(22,24)25/h3-9,12-13H,10-11H2,1-2H3,(H,20,23). The molecule has 1 amide bonds. The fraction of sp³-hybridized carbons (Fsp3) is 0.278. The smallest absolute Gasteiger partial charge is 0.326 e. The van der Waals surface area contributed by atoms with Crippen LogP contribution < -0.4 is 13.9 Å². The van der Waals surface area contributed by atoms with Crippen LogP contribution in [0.25, 0.3) is 0 Å². The SMILES string of the molecule is CC(C(=O)NCCN1c2cc(F)ccc2N(C)S1(=O)=O)c1ccccc1. The van der Waals surface area contributed by atoms with Crippen molar-refractivity contribution in [3.63, 3.8) is 0 Å². The Morgan fingerprint density at radius 3 is 2.54 bits per heavy atom. The minimum atomic E-state index is -3.76. The van der Waals surface area contributed by atoms with Gasteiger partial charge in [-0.25, -0.2) is 8.70 Å². The number of halogens is 1. The second-order valence-electron chi connectivity index (χ2n) is 6.10. The fourth-order valence-electron chi connectivity index (χ4n) is 2.92. The van der Waals surface area contributed by atoms with Crippen molar-refractivity contribution in [2.75, 3.05) is 28.7 Å². The molecule has 2 aromatic rings. The van der Waals surface area contributed by atoms with E-state index < -0.39 is 16.0 Å². The first-order chi connectivity index (χ1) is 12.3. The van der Waals surface area contributed by atoms with Gasteiger partial charge in [-0.1, -0.05) is 30.3 Å². The van der Waals surface area contributed by atoms with Crippen molar-refractivity contribution in [3.05, 3.63) is 59.9 Å². The molecule has 1 heterocycles. The van der Waals surface area contributed by atoms with Crippen LogP contribution in [0.5, 0.6) is 0 Å². The summed E-state index contributed by atoms with van der Waals surface area (Å²) in [5.41, 5.74) is 1.57. The Labute approximate surface area is 152 Å². The van der Waals surface area contributed by atoms with Gasteiger partial charge in [-0.2, -0.15) is 8.42 Å². The second kappa shape index (κ2) is 6.95. The minimum Gasteiger partial charge on any atom is -0.354 e. The third kappa shape index (κ3) is 3.24. The van der Waals surface area contributed by atoms with Gasteiger partial charge in [0.2, 0.25) is 5.91 Å². The average Bonchev–Trinajstić information content (AvgIpc) is 2.81. The number of carbonyl (C=O) groups is 1. The van der Waals surface area contributed by atoms with Crippen molar-refractivity contribution >= 4 is 27.5 Å². The predicted octanol–water partition coefficient (Wildman–Crippen LogP) is 2.25. The van der Waals surface area contributed by atoms with Gasteiger partial charge in [-0.05, 0) is 24.6 Å². The molecule has 1 aliphatic rings. The highest BCUT2D eigenvalue weighted by molar-refractivity contribution is 7.94. The summed E-state index contributed by atoms with van der Waals surface area (Å²) >= 11 is 0. The number of anilines is 2. The molecule has 0 saturated carbocycles. The van der Waals surface area contributed by atoms with Crippen LogP contribution in [0.4, 0.5) is 15.8 Å². The summed E-state index contributed by atoms with van der Waals surface area (Å²) in [7, 11) is -2.34. The van der Waals surface area contributed by atoms with E-state index in [1.807, 2.05) is 30.3 Å². The molecule has 2 aromatic carbocycles. The molecule has 0 aliphatic carbocycles. The van der Waals surface area contributed by atoms with Gasteiger partial charge in [0.15, 0.2) is 0 Å². The number of hydrogen-bond donors (Lipinski definition) is 1. The second-order valence-corrected chi connectivity index (χ2v) is 7.99. The van der Waals surface area contributed by atoms with E-state index in [1.165, 1.54) is 25.2 Å². The van der Waals surface area contributed by atoms with E-state index >= 15 is 0 Å². The Morgan fingerprint density at radius 2 is 1.85 bits per heavy atom. The predicted molar refractivity (Wildman–Crippen MR) is 98.9 cm³/mol. The highest BCUT2D eigenvalue weighted by atomic mass is 32.2. The average molecular weight is 377 g/mol. The number of nitrogens with one attached hydrogen (secondary N) is 1. The van der Waals surface area contributed by atoms with Gasteiger partial charge in [0, 0.05) is 19.7 Å². The summed E-state index contributed by atoms with van der Waals surface area (Å²) in [6, 6.07) is 13.2. The number of carbonyl (C=O) groups excluding carboxylic acids is 1. The topological polar surface area (TPSA) is 69.7 Å². The Hall–Kier alpha value is -2.61. The van der Waals surface area contributed by atoms with Crippen LogP contribution in [-0.4, -0.2) is 34.5 Å². The third-order valence-corrected chi connectivity index (χ3v) is 6.30. The molecule has 26 heavy (non-hydrogen) atoms. The van der Waals surface area contributed by atoms with Crippen molar-refractivity contribution in [3.8, 4) is 0 Å². The Bertz CT molecular complexity index is 919. The lowest BCUT2D eigenvalue weighted by Gasteiger charge is -2.20. The van der Waals surface area contributed by atoms with Gasteiger partial charge >= 0.3 is 10.2 Å². The molecule has 1 atom stereocenters. The first kappa shape index (κ1) is 18.2. The van der Waals surface area contributed by atoms with Crippen molar-refractivity contribution < 1.29 is 17.6 Å². The van der Waals surface area contributed by atoms with Crippen LogP contribution in [0.3, 0.4) is 0 Å². The molecule has 138 valence electrons. The molecular weight excluding hydrogens is 357 g/mol. The number of benzene rings is 2. The third-order valence-electron chi connectivity index (χ3n) is 4.48. The summed E-state index contributed by atoms with van der Waals surface area (Å²) in [5, 5.41) is 2.75. The van der Waals surface area contributed by atoms with Crippen LogP contribution in [-0.2, 0) is 15.0 Å². The van der Waals surface area contributed by atoms with E-state index in [9.17, 15) is 17.6 Å². The van der Waals surface area contributed by atoms with Crippen LogP contribution in [0.15, 0.2) is 48.5 Å². The number of nitrogens with zero attached hydrogens (tertiary/aromatic N) is 2. The quantitative estimate of drug-likeness (QED) is 0.869. The Balaban J connectivity index is 1.68. The molecule has 8 heteroatoms. The van der Waals surface area contributed by atoms with Crippen molar-refractivity contribution in [2.24, 2.45) is 0 Å². The van der Waals surface area contributed by atoms with Crippen molar-refractivity contribution in [1.29, 1.82) is 0 Å². The normalized spacial score (nSPS) is 16.3. The monoisotopic (exact) mass is 377 g/mol. The molecule has 6 nitrogen and oxygen atoms in total. The van der Waals surface area contributed by atoms with Gasteiger partial charge in [0.25, 0.3) is 0 Å². The fourth-order valence-corrected chi connectivity index (χ4v) is 4.34. The first-order valence-corrected chi connectivity index (χ1v) is 9.61. The highest BCUT2D eigenvalue weighted by Crippen LogP contribution is 2.39. The highest BCUT2D eigenvalue weighted by Gasteiger charge is 2.37. The molecule has 0 fully saturated rings. The number of rotatable bonds is 5. The van der Waals surface area contributed by atoms with Gasteiger partial charge in [-0.15, -0.1) is 0 Å². The van der Waals surface area contributed by atoms with E-state index in [4.69, 9.17) is 0 Å². The lowest BCUT2D eigenvalue weighted by Crippen LogP contribution is -2.41. The first-order valence-electron chi connectivity index (χ1n) is 8.21. The molecule has 1 unspecified atom stereocenters. The van der Waals surface area contributed by atoms with Crippen molar-refractivity contribution in [2.45, 2.75) is 12.8 Å². The largest absolute Gasteiger partial charge is 0.354 e. The summed E-state index contributed by atoms with van der Waals surface area (Å²) in [5.74, 6) is -1.06. The lowest BCUT2D eigenvalue weighted by atomic mass is 10.0. The van der Waals surface area contributed by atoms with Crippen molar-refractivity contribution in [1.82, 2.24) is 5.32 Å². The molecular formula is C18H20FN3O3S. The van der Waals surface area contributed by atoms with Crippen LogP contribution in [0.1, 0.15) is 18.4 Å². The number of hydrogen-bond acceptors (Lipinski definition) is 3. The Morgan fingerprint density at radius 1 is 1.15 bits per heavy atom. The zero-order valence-corrected chi connectivity index (χ0v) is 15.3. The molecule has 1 N–H and O–H groups in total. The Kier molecular flexibility index (Phi) is 4.86. The van der Waals surface area contributed by atoms with E-state index in [0.717, 1.165) is 14.2 Å². The van der Waals surface area contributed by atoms with E-state index in [-0.39, 0.29) is 30.6 Å². The van der Waals surface area contributed by atoms with Crippen LogP contribution >= 0.6 is 0 Å². The molecule has 0 spiro atoms. The molecule has 1 aliphatic heterocycles. The zero-order valence-electron chi connectivity index (χ0n) is 14.5. The van der Waals surface area contributed by atoms with Gasteiger partial charge < -0.3 is 5.32 Å². The van der Waals surface area contributed by atoms with Gasteiger partial charge in [0.1, 0.15) is 5.82 Å². The summed E-state index contributed by atoms with van der Waals surface area (Å²) < 4.78 is 40.8. The van der Waals surface area contributed by atoms with Crippen LogP contribution in [0.2, 0.25) is 0 Å². The molecule has 0 radical (unpaired) electrons. The van der Waals surface area contributed by atoms with Crippen LogP contribution in [0, 0.1) is 5.82 Å². The summed E-state index contributed by atoms with van der Waals surface area (Å²) in [6.45, 7) is 1.94. The maximum atomic E-state index is 13.5. The van der Waals surface area contributed by atoms with E-state index in [1.54, 1.807) is 6.92 Å². The van der Waals surface area contributed by atoms with Gasteiger partial charge in [-0.3, -0.25) is 9.10 Å². The van der Waals surface area contributed by atoms with E-state index in [2.05, 4.69) is 5.32 Å². The molecule has 0 aromatic heterocycles. The maximum absolute atomic E-state index is 13.5. The lowest BCUT2D eigenvalue weighted by molar-refractivity contribution is -0.122. The molecule has 3 rings (SSSR count). The van der Waals surface area contributed by atoms with E-state index in [0.29, 0.717) is 5.69 Å². The zero-order chi connectivity index (χ0) is 18.9. The number of fused-ring (bicyclic) bond motifs is 1. The van der Waals surface area contributed by atoms with Gasteiger partial charge in [0.05, 0.1) is 23.8 Å². The molecule has 0 bridgehead atoms. The summed E-state index contributed by atoms with van der Waals surface area (Å²) in [6.07, 6.45) is 0. The summed E-state index contributed by atoms with van der Waals surface area (Å²) in [4.78, 5) is 12.3.